The Morgan fingerprint density at radius 3 is 2.52 bits per heavy atom. The van der Waals surface area contributed by atoms with Gasteiger partial charge in [-0.2, -0.15) is 5.10 Å². The van der Waals surface area contributed by atoms with Crippen molar-refractivity contribution in [1.82, 2.24) is 5.01 Å². The molecule has 0 saturated heterocycles. The molecule has 1 aliphatic rings. The van der Waals surface area contributed by atoms with E-state index in [1.54, 1.807) is 36.4 Å². The van der Waals surface area contributed by atoms with Gasteiger partial charge in [0.15, 0.2) is 12.9 Å². The lowest BCUT2D eigenvalue weighted by atomic mass is 9.98. The van der Waals surface area contributed by atoms with Crippen LogP contribution in [0, 0.1) is 0 Å². The molecule has 31 heavy (non-hydrogen) atoms. The molecule has 1 unspecified atom stereocenters. The number of rotatable bonds is 6. The molecule has 0 aliphatic carbocycles. The van der Waals surface area contributed by atoms with Crippen LogP contribution in [0.1, 0.15) is 33.9 Å². The van der Waals surface area contributed by atoms with E-state index in [9.17, 15) is 9.59 Å². The summed E-state index contributed by atoms with van der Waals surface area (Å²) in [4.78, 5) is 24.3. The van der Waals surface area contributed by atoms with Gasteiger partial charge in [0.2, 0.25) is 0 Å². The Labute approximate surface area is 193 Å². The predicted molar refractivity (Wildman–Crippen MR) is 124 cm³/mol. The van der Waals surface area contributed by atoms with Crippen LogP contribution in [0.15, 0.2) is 82.4 Å². The molecule has 0 radical (unpaired) electrons. The van der Waals surface area contributed by atoms with Crippen molar-refractivity contribution in [3.63, 3.8) is 0 Å². The molecule has 1 atom stereocenters. The summed E-state index contributed by atoms with van der Waals surface area (Å²) in [6, 6.07) is 21.7. The van der Waals surface area contributed by atoms with Crippen molar-refractivity contribution in [1.29, 1.82) is 0 Å². The largest absolute Gasteiger partial charge is 0.483 e. The molecular formula is C24H18BrClN2O3. The first kappa shape index (κ1) is 21.3. The van der Waals surface area contributed by atoms with Crippen molar-refractivity contribution in [2.24, 2.45) is 5.10 Å². The van der Waals surface area contributed by atoms with Crippen molar-refractivity contribution in [2.75, 3.05) is 6.61 Å². The molecule has 3 aromatic carbocycles. The molecule has 0 aromatic heterocycles. The van der Waals surface area contributed by atoms with E-state index in [4.69, 9.17) is 16.3 Å². The number of aldehydes is 1. The van der Waals surface area contributed by atoms with E-state index >= 15 is 0 Å². The first-order valence-corrected chi connectivity index (χ1v) is 10.8. The Bertz CT molecular complexity index is 1130. The molecule has 0 saturated carbocycles. The second-order valence-electron chi connectivity index (χ2n) is 7.01. The van der Waals surface area contributed by atoms with Gasteiger partial charge in [0, 0.05) is 15.9 Å². The van der Waals surface area contributed by atoms with Crippen molar-refractivity contribution in [3.8, 4) is 5.75 Å². The van der Waals surface area contributed by atoms with E-state index < -0.39 is 0 Å². The Hall–Kier alpha value is -2.96. The number of benzene rings is 3. The maximum absolute atomic E-state index is 13.1. The standard InChI is InChI=1S/C24H18BrClN2O3/c25-19-9-5-16(6-10-19)21-13-22(17-7-11-20(26)12-8-17)28(27-21)24(30)15-31-23-4-2-1-3-18(23)14-29/h1-12,14,22H,13,15H2. The topological polar surface area (TPSA) is 59.0 Å². The number of carbonyl (C=O) groups excluding carboxylic acids is 2. The van der Waals surface area contributed by atoms with E-state index in [-0.39, 0.29) is 18.6 Å². The predicted octanol–water partition coefficient (Wildman–Crippen LogP) is 5.67. The highest BCUT2D eigenvalue weighted by Crippen LogP contribution is 2.33. The van der Waals surface area contributed by atoms with Crippen LogP contribution in [0.2, 0.25) is 5.02 Å². The molecule has 0 bridgehead atoms. The van der Waals surface area contributed by atoms with Gasteiger partial charge < -0.3 is 4.74 Å². The van der Waals surface area contributed by atoms with Crippen LogP contribution in [0.3, 0.4) is 0 Å². The quantitative estimate of drug-likeness (QED) is 0.412. The zero-order chi connectivity index (χ0) is 21.8. The third-order valence-corrected chi connectivity index (χ3v) is 5.78. The lowest BCUT2D eigenvalue weighted by Gasteiger charge is -2.22. The average molecular weight is 498 g/mol. The lowest BCUT2D eigenvalue weighted by Crippen LogP contribution is -2.31. The molecule has 1 heterocycles. The molecule has 5 nitrogen and oxygen atoms in total. The van der Waals surface area contributed by atoms with Gasteiger partial charge in [-0.3, -0.25) is 9.59 Å². The van der Waals surface area contributed by atoms with Crippen LogP contribution in [-0.4, -0.2) is 29.5 Å². The Balaban J connectivity index is 1.59. The first-order chi connectivity index (χ1) is 15.0. The van der Waals surface area contributed by atoms with Gasteiger partial charge in [-0.25, -0.2) is 5.01 Å². The number of hydrogen-bond acceptors (Lipinski definition) is 4. The highest BCUT2D eigenvalue weighted by Gasteiger charge is 2.33. The van der Waals surface area contributed by atoms with Crippen molar-refractivity contribution in [2.45, 2.75) is 12.5 Å². The molecule has 1 amide bonds. The average Bonchev–Trinajstić information content (AvgIpc) is 3.24. The third-order valence-electron chi connectivity index (χ3n) is 5.00. The minimum atomic E-state index is -0.298. The molecule has 156 valence electrons. The molecule has 4 rings (SSSR count). The Morgan fingerprint density at radius 1 is 1.10 bits per heavy atom. The summed E-state index contributed by atoms with van der Waals surface area (Å²) in [5, 5.41) is 6.72. The molecule has 3 aromatic rings. The third kappa shape index (κ3) is 4.86. The number of amides is 1. The van der Waals surface area contributed by atoms with Gasteiger partial charge in [0.25, 0.3) is 5.91 Å². The highest BCUT2D eigenvalue weighted by atomic mass is 79.9. The fraction of sp³-hybridized carbons (Fsp3) is 0.125. The maximum Gasteiger partial charge on any atom is 0.281 e. The highest BCUT2D eigenvalue weighted by molar-refractivity contribution is 9.10. The SMILES string of the molecule is O=Cc1ccccc1OCC(=O)N1N=C(c2ccc(Br)cc2)CC1c1ccc(Cl)cc1. The summed E-state index contributed by atoms with van der Waals surface area (Å²) in [7, 11) is 0. The lowest BCUT2D eigenvalue weighted by molar-refractivity contribution is -0.135. The van der Waals surface area contributed by atoms with Crippen LogP contribution < -0.4 is 4.74 Å². The fourth-order valence-corrected chi connectivity index (χ4v) is 3.81. The zero-order valence-corrected chi connectivity index (χ0v) is 18.7. The van der Waals surface area contributed by atoms with Crippen LogP contribution in [0.25, 0.3) is 0 Å². The number of hydrogen-bond donors (Lipinski definition) is 0. The number of halogens is 2. The number of hydrazone groups is 1. The van der Waals surface area contributed by atoms with Gasteiger partial charge in [0.1, 0.15) is 5.75 Å². The van der Waals surface area contributed by atoms with Gasteiger partial charge in [-0.15, -0.1) is 0 Å². The first-order valence-electron chi connectivity index (χ1n) is 9.63. The summed E-state index contributed by atoms with van der Waals surface area (Å²) in [6.07, 6.45) is 1.27. The van der Waals surface area contributed by atoms with Crippen LogP contribution in [0.4, 0.5) is 0 Å². The maximum atomic E-state index is 13.1. The second-order valence-corrected chi connectivity index (χ2v) is 8.36. The van der Waals surface area contributed by atoms with E-state index in [0.29, 0.717) is 29.0 Å². The zero-order valence-electron chi connectivity index (χ0n) is 16.4. The summed E-state index contributed by atoms with van der Waals surface area (Å²) in [6.45, 7) is -0.230. The van der Waals surface area contributed by atoms with Crippen molar-refractivity contribution in [3.05, 3.63) is 99.0 Å². The molecular weight excluding hydrogens is 480 g/mol. The molecule has 7 heteroatoms. The Morgan fingerprint density at radius 2 is 1.81 bits per heavy atom. The van der Waals surface area contributed by atoms with E-state index in [1.165, 1.54) is 5.01 Å². The minimum absolute atomic E-state index is 0.230. The van der Waals surface area contributed by atoms with Crippen LogP contribution in [0.5, 0.6) is 5.75 Å². The molecule has 1 aliphatic heterocycles. The van der Waals surface area contributed by atoms with Gasteiger partial charge in [0.05, 0.1) is 17.3 Å². The fourth-order valence-electron chi connectivity index (χ4n) is 3.42. The van der Waals surface area contributed by atoms with Crippen LogP contribution in [-0.2, 0) is 4.79 Å². The smallest absolute Gasteiger partial charge is 0.281 e. The normalized spacial score (nSPS) is 15.5. The van der Waals surface area contributed by atoms with E-state index in [1.807, 2.05) is 36.4 Å². The minimum Gasteiger partial charge on any atom is -0.483 e. The summed E-state index contributed by atoms with van der Waals surface area (Å²) >= 11 is 9.48. The summed E-state index contributed by atoms with van der Waals surface area (Å²) in [5.74, 6) is 0.0676. The number of carbonyl (C=O) groups is 2. The number of para-hydroxylation sites is 1. The van der Waals surface area contributed by atoms with Crippen molar-refractivity contribution >= 4 is 45.4 Å². The molecule has 0 fully saturated rings. The Kier molecular flexibility index (Phi) is 6.49. The van der Waals surface area contributed by atoms with Gasteiger partial charge in [-0.05, 0) is 47.5 Å². The van der Waals surface area contributed by atoms with E-state index in [2.05, 4.69) is 21.0 Å². The van der Waals surface area contributed by atoms with E-state index in [0.717, 1.165) is 21.3 Å². The number of nitrogens with zero attached hydrogens (tertiary/aromatic N) is 2. The number of ether oxygens (including phenoxy) is 1. The van der Waals surface area contributed by atoms with Crippen molar-refractivity contribution < 1.29 is 14.3 Å². The molecule has 0 spiro atoms. The van der Waals surface area contributed by atoms with Gasteiger partial charge >= 0.3 is 0 Å². The van der Waals surface area contributed by atoms with Gasteiger partial charge in [-0.1, -0.05) is 63.9 Å². The monoisotopic (exact) mass is 496 g/mol. The molecule has 0 N–H and O–H groups in total. The summed E-state index contributed by atoms with van der Waals surface area (Å²) < 4.78 is 6.61. The second kappa shape index (κ2) is 9.45. The summed E-state index contributed by atoms with van der Waals surface area (Å²) in [5.41, 5.74) is 3.09. The van der Waals surface area contributed by atoms with Crippen LogP contribution >= 0.6 is 27.5 Å².